The Hall–Kier alpha value is -0.900. The molecule has 1 saturated heterocycles. The van der Waals surface area contributed by atoms with Crippen molar-refractivity contribution in [2.45, 2.75) is 25.9 Å². The lowest BCUT2D eigenvalue weighted by molar-refractivity contribution is 0.0710. The number of aliphatic hydroxyl groups is 1. The lowest BCUT2D eigenvalue weighted by Crippen LogP contribution is -2.55. The SMILES string of the molecule is CC(C)CN1CC(c2ccccc2)NCC1CO. The molecule has 18 heavy (non-hydrogen) atoms. The monoisotopic (exact) mass is 248 g/mol. The van der Waals surface area contributed by atoms with Crippen LogP contribution in [0.4, 0.5) is 0 Å². The van der Waals surface area contributed by atoms with Gasteiger partial charge in [0.05, 0.1) is 6.61 Å². The fourth-order valence-electron chi connectivity index (χ4n) is 2.64. The molecule has 0 aliphatic carbocycles. The van der Waals surface area contributed by atoms with E-state index < -0.39 is 0 Å². The van der Waals surface area contributed by atoms with Crippen molar-refractivity contribution in [2.24, 2.45) is 5.92 Å². The molecule has 1 aliphatic rings. The summed E-state index contributed by atoms with van der Waals surface area (Å²) in [6, 6.07) is 11.2. The van der Waals surface area contributed by atoms with Gasteiger partial charge in [-0.2, -0.15) is 0 Å². The second-order valence-electron chi connectivity index (χ2n) is 5.56. The highest BCUT2D eigenvalue weighted by Gasteiger charge is 2.28. The Labute approximate surface area is 110 Å². The van der Waals surface area contributed by atoms with Crippen LogP contribution in [0.5, 0.6) is 0 Å². The lowest BCUT2D eigenvalue weighted by atomic mass is 10.0. The Morgan fingerprint density at radius 1 is 1.33 bits per heavy atom. The molecule has 0 aromatic heterocycles. The van der Waals surface area contributed by atoms with Crippen LogP contribution in [0.3, 0.4) is 0 Å². The number of nitrogens with one attached hydrogen (secondary N) is 1. The number of benzene rings is 1. The van der Waals surface area contributed by atoms with Gasteiger partial charge in [0.2, 0.25) is 0 Å². The molecule has 100 valence electrons. The van der Waals surface area contributed by atoms with E-state index in [9.17, 15) is 5.11 Å². The standard InChI is InChI=1S/C15H24N2O/c1-12(2)9-17-10-15(16-8-14(17)11-18)13-6-4-3-5-7-13/h3-7,12,14-16,18H,8-11H2,1-2H3. The van der Waals surface area contributed by atoms with E-state index in [4.69, 9.17) is 0 Å². The molecule has 0 amide bonds. The molecule has 1 aromatic carbocycles. The molecule has 2 atom stereocenters. The Morgan fingerprint density at radius 2 is 2.06 bits per heavy atom. The van der Waals surface area contributed by atoms with Crippen LogP contribution < -0.4 is 5.32 Å². The van der Waals surface area contributed by atoms with Crippen molar-refractivity contribution in [1.82, 2.24) is 10.2 Å². The molecule has 1 aliphatic heterocycles. The quantitative estimate of drug-likeness (QED) is 0.850. The van der Waals surface area contributed by atoms with Crippen molar-refractivity contribution in [2.75, 3.05) is 26.2 Å². The topological polar surface area (TPSA) is 35.5 Å². The Kier molecular flexibility index (Phi) is 4.75. The van der Waals surface area contributed by atoms with Crippen LogP contribution in [0.1, 0.15) is 25.5 Å². The minimum absolute atomic E-state index is 0.237. The highest BCUT2D eigenvalue weighted by Crippen LogP contribution is 2.20. The number of rotatable bonds is 4. The van der Waals surface area contributed by atoms with Crippen LogP contribution in [-0.2, 0) is 0 Å². The molecular weight excluding hydrogens is 224 g/mol. The number of aliphatic hydroxyl groups excluding tert-OH is 1. The third-order valence-corrected chi connectivity index (χ3v) is 3.55. The molecule has 0 spiro atoms. The summed E-state index contributed by atoms with van der Waals surface area (Å²) in [5.74, 6) is 0.633. The summed E-state index contributed by atoms with van der Waals surface area (Å²) in [6.07, 6.45) is 0. The van der Waals surface area contributed by atoms with Crippen molar-refractivity contribution in [3.8, 4) is 0 Å². The van der Waals surface area contributed by atoms with Gasteiger partial charge in [-0.25, -0.2) is 0 Å². The first-order valence-corrected chi connectivity index (χ1v) is 6.84. The zero-order chi connectivity index (χ0) is 13.0. The van der Waals surface area contributed by atoms with Crippen LogP contribution in [0, 0.1) is 5.92 Å². The van der Waals surface area contributed by atoms with E-state index >= 15 is 0 Å². The number of nitrogens with zero attached hydrogens (tertiary/aromatic N) is 1. The zero-order valence-corrected chi connectivity index (χ0v) is 11.3. The predicted octanol–water partition coefficient (Wildman–Crippen LogP) is 1.65. The van der Waals surface area contributed by atoms with Crippen molar-refractivity contribution in [3.05, 3.63) is 35.9 Å². The van der Waals surface area contributed by atoms with Crippen molar-refractivity contribution >= 4 is 0 Å². The minimum atomic E-state index is 0.237. The van der Waals surface area contributed by atoms with Gasteiger partial charge in [0.25, 0.3) is 0 Å². The maximum absolute atomic E-state index is 9.45. The molecule has 3 heteroatoms. The molecule has 2 N–H and O–H groups in total. The molecular formula is C15H24N2O. The van der Waals surface area contributed by atoms with E-state index in [0.29, 0.717) is 12.0 Å². The number of hydrogen-bond donors (Lipinski definition) is 2. The van der Waals surface area contributed by atoms with E-state index in [1.165, 1.54) is 5.56 Å². The molecule has 0 bridgehead atoms. The predicted molar refractivity (Wildman–Crippen MR) is 74.5 cm³/mol. The van der Waals surface area contributed by atoms with E-state index in [0.717, 1.165) is 19.6 Å². The number of hydrogen-bond acceptors (Lipinski definition) is 3. The van der Waals surface area contributed by atoms with Gasteiger partial charge in [0, 0.05) is 31.7 Å². The lowest BCUT2D eigenvalue weighted by Gasteiger charge is -2.40. The van der Waals surface area contributed by atoms with Gasteiger partial charge in [0.1, 0.15) is 0 Å². The molecule has 0 saturated carbocycles. The van der Waals surface area contributed by atoms with Crippen LogP contribution in [0.25, 0.3) is 0 Å². The largest absolute Gasteiger partial charge is 0.395 e. The summed E-state index contributed by atoms with van der Waals surface area (Å²) in [5, 5.41) is 13.0. The highest BCUT2D eigenvalue weighted by molar-refractivity contribution is 5.20. The summed E-state index contributed by atoms with van der Waals surface area (Å²) in [4.78, 5) is 2.42. The fourth-order valence-corrected chi connectivity index (χ4v) is 2.64. The smallest absolute Gasteiger partial charge is 0.0599 e. The maximum Gasteiger partial charge on any atom is 0.0599 e. The van der Waals surface area contributed by atoms with Gasteiger partial charge in [-0.1, -0.05) is 44.2 Å². The van der Waals surface area contributed by atoms with E-state index in [1.54, 1.807) is 0 Å². The first-order valence-electron chi connectivity index (χ1n) is 6.84. The fraction of sp³-hybridized carbons (Fsp3) is 0.600. The summed E-state index contributed by atoms with van der Waals surface area (Å²) < 4.78 is 0. The summed E-state index contributed by atoms with van der Waals surface area (Å²) >= 11 is 0. The molecule has 1 fully saturated rings. The molecule has 2 unspecified atom stereocenters. The molecule has 3 nitrogen and oxygen atoms in total. The Bertz CT molecular complexity index is 353. The van der Waals surface area contributed by atoms with E-state index in [2.05, 4.69) is 54.4 Å². The average Bonchev–Trinajstić information content (AvgIpc) is 2.39. The van der Waals surface area contributed by atoms with Gasteiger partial charge >= 0.3 is 0 Å². The highest BCUT2D eigenvalue weighted by atomic mass is 16.3. The summed E-state index contributed by atoms with van der Waals surface area (Å²) in [6.45, 7) is 7.59. The Morgan fingerprint density at radius 3 is 2.67 bits per heavy atom. The molecule has 1 aromatic rings. The average molecular weight is 248 g/mol. The first-order chi connectivity index (χ1) is 8.70. The third-order valence-electron chi connectivity index (χ3n) is 3.55. The van der Waals surface area contributed by atoms with Gasteiger partial charge in [-0.3, -0.25) is 4.90 Å². The molecule has 0 radical (unpaired) electrons. The van der Waals surface area contributed by atoms with Gasteiger partial charge in [-0.15, -0.1) is 0 Å². The minimum Gasteiger partial charge on any atom is -0.395 e. The summed E-state index contributed by atoms with van der Waals surface area (Å²) in [7, 11) is 0. The van der Waals surface area contributed by atoms with E-state index in [1.807, 2.05) is 0 Å². The third kappa shape index (κ3) is 3.31. The Balaban J connectivity index is 2.04. The second kappa shape index (κ2) is 6.32. The zero-order valence-electron chi connectivity index (χ0n) is 11.3. The van der Waals surface area contributed by atoms with Crippen molar-refractivity contribution in [3.63, 3.8) is 0 Å². The first kappa shape index (κ1) is 13.5. The summed E-state index contributed by atoms with van der Waals surface area (Å²) in [5.41, 5.74) is 1.34. The van der Waals surface area contributed by atoms with Crippen molar-refractivity contribution < 1.29 is 5.11 Å². The molecule has 1 heterocycles. The maximum atomic E-state index is 9.45. The second-order valence-corrected chi connectivity index (χ2v) is 5.56. The van der Waals surface area contributed by atoms with Crippen LogP contribution in [-0.4, -0.2) is 42.3 Å². The molecule has 2 rings (SSSR count). The normalized spacial score (nSPS) is 25.6. The van der Waals surface area contributed by atoms with E-state index in [-0.39, 0.29) is 12.6 Å². The number of piperazine rings is 1. The van der Waals surface area contributed by atoms with Gasteiger partial charge in [-0.05, 0) is 11.5 Å². The van der Waals surface area contributed by atoms with Crippen molar-refractivity contribution in [1.29, 1.82) is 0 Å². The van der Waals surface area contributed by atoms with Crippen LogP contribution in [0.15, 0.2) is 30.3 Å². The van der Waals surface area contributed by atoms with Crippen LogP contribution >= 0.6 is 0 Å². The van der Waals surface area contributed by atoms with Crippen LogP contribution in [0.2, 0.25) is 0 Å². The van der Waals surface area contributed by atoms with Gasteiger partial charge < -0.3 is 10.4 Å². The van der Waals surface area contributed by atoms with Gasteiger partial charge in [0.15, 0.2) is 0 Å².